The first kappa shape index (κ1) is 13.4. The van der Waals surface area contributed by atoms with E-state index < -0.39 is 0 Å². The highest BCUT2D eigenvalue weighted by Gasteiger charge is 2.05. The van der Waals surface area contributed by atoms with Gasteiger partial charge in [-0.25, -0.2) is 0 Å². The van der Waals surface area contributed by atoms with Gasteiger partial charge < -0.3 is 10.1 Å². The summed E-state index contributed by atoms with van der Waals surface area (Å²) < 4.78 is 6.89. The van der Waals surface area contributed by atoms with Crippen LogP contribution < -0.4 is 10.1 Å². The summed E-state index contributed by atoms with van der Waals surface area (Å²) in [6.07, 6.45) is 0. The van der Waals surface area contributed by atoms with E-state index in [0.29, 0.717) is 5.02 Å². The molecule has 0 amide bonds. The number of rotatable bonds is 4. The van der Waals surface area contributed by atoms with Crippen molar-refractivity contribution in [2.45, 2.75) is 6.54 Å². The molecule has 94 valence electrons. The molecule has 4 heteroatoms. The molecule has 1 N–H and O–H groups in total. The third-order valence-corrected chi connectivity index (χ3v) is 3.18. The van der Waals surface area contributed by atoms with Crippen molar-refractivity contribution in [2.75, 3.05) is 7.05 Å². The van der Waals surface area contributed by atoms with Gasteiger partial charge in [0.15, 0.2) is 0 Å². The van der Waals surface area contributed by atoms with E-state index in [-0.39, 0.29) is 0 Å². The number of ether oxygens (including phenoxy) is 1. The molecule has 18 heavy (non-hydrogen) atoms. The Kier molecular flexibility index (Phi) is 4.64. The topological polar surface area (TPSA) is 21.3 Å². The highest BCUT2D eigenvalue weighted by Crippen LogP contribution is 2.28. The normalized spacial score (nSPS) is 10.4. The minimum Gasteiger partial charge on any atom is -0.457 e. The molecular formula is C14H13BrClNO. The third-order valence-electron chi connectivity index (χ3n) is 2.43. The quantitative estimate of drug-likeness (QED) is 0.885. The van der Waals surface area contributed by atoms with Crippen LogP contribution in [0, 0.1) is 0 Å². The fourth-order valence-corrected chi connectivity index (χ4v) is 2.14. The molecule has 2 aromatic carbocycles. The fourth-order valence-electron chi connectivity index (χ4n) is 1.61. The maximum absolute atomic E-state index is 5.85. The lowest BCUT2D eigenvalue weighted by atomic mass is 10.2. The lowest BCUT2D eigenvalue weighted by molar-refractivity contribution is 0.474. The van der Waals surface area contributed by atoms with Crippen LogP contribution in [0.5, 0.6) is 11.5 Å². The maximum Gasteiger partial charge on any atom is 0.131 e. The Balaban J connectivity index is 2.25. The van der Waals surface area contributed by atoms with Gasteiger partial charge in [-0.3, -0.25) is 0 Å². The number of nitrogens with one attached hydrogen (secondary N) is 1. The highest BCUT2D eigenvalue weighted by atomic mass is 79.9. The van der Waals surface area contributed by atoms with Gasteiger partial charge >= 0.3 is 0 Å². The van der Waals surface area contributed by atoms with E-state index in [9.17, 15) is 0 Å². The summed E-state index contributed by atoms with van der Waals surface area (Å²) in [5.41, 5.74) is 1.10. The molecular weight excluding hydrogens is 314 g/mol. The van der Waals surface area contributed by atoms with Crippen LogP contribution in [-0.2, 0) is 6.54 Å². The fraction of sp³-hybridized carbons (Fsp3) is 0.143. The molecule has 2 nitrogen and oxygen atoms in total. The maximum atomic E-state index is 5.85. The number of halogens is 2. The molecule has 0 aliphatic carbocycles. The monoisotopic (exact) mass is 325 g/mol. The van der Waals surface area contributed by atoms with E-state index in [1.165, 1.54) is 0 Å². The highest BCUT2D eigenvalue weighted by molar-refractivity contribution is 9.10. The first-order chi connectivity index (χ1) is 8.69. The van der Waals surface area contributed by atoms with Crippen LogP contribution in [0.1, 0.15) is 5.56 Å². The molecule has 0 saturated heterocycles. The predicted molar refractivity (Wildman–Crippen MR) is 78.4 cm³/mol. The van der Waals surface area contributed by atoms with E-state index in [1.807, 2.05) is 49.5 Å². The zero-order valence-electron chi connectivity index (χ0n) is 9.91. The molecule has 0 aliphatic heterocycles. The van der Waals surface area contributed by atoms with Crippen molar-refractivity contribution in [3.05, 3.63) is 57.5 Å². The van der Waals surface area contributed by atoms with E-state index in [2.05, 4.69) is 21.2 Å². The number of hydrogen-bond acceptors (Lipinski definition) is 2. The van der Waals surface area contributed by atoms with Crippen LogP contribution in [0.4, 0.5) is 0 Å². The molecule has 0 spiro atoms. The molecule has 0 saturated carbocycles. The molecule has 2 rings (SSSR count). The minimum atomic E-state index is 0.702. The largest absolute Gasteiger partial charge is 0.457 e. The lowest BCUT2D eigenvalue weighted by Crippen LogP contribution is -2.06. The van der Waals surface area contributed by atoms with Gasteiger partial charge in [0.2, 0.25) is 0 Å². The van der Waals surface area contributed by atoms with Gasteiger partial charge in [0.05, 0.1) is 0 Å². The first-order valence-corrected chi connectivity index (χ1v) is 6.72. The van der Waals surface area contributed by atoms with Gasteiger partial charge in [-0.1, -0.05) is 27.5 Å². The SMILES string of the molecule is CNCc1cc(Br)ccc1Oc1ccc(Cl)cc1. The second kappa shape index (κ2) is 6.23. The van der Waals surface area contributed by atoms with E-state index in [4.69, 9.17) is 16.3 Å². The average Bonchev–Trinajstić information content (AvgIpc) is 2.36. The summed E-state index contributed by atoms with van der Waals surface area (Å²) in [7, 11) is 1.91. The molecule has 0 heterocycles. The summed E-state index contributed by atoms with van der Waals surface area (Å²) in [5.74, 6) is 1.62. The zero-order valence-corrected chi connectivity index (χ0v) is 12.3. The van der Waals surface area contributed by atoms with Crippen LogP contribution in [0.15, 0.2) is 46.9 Å². The van der Waals surface area contributed by atoms with Crippen molar-refractivity contribution in [3.63, 3.8) is 0 Å². The van der Waals surface area contributed by atoms with Gasteiger partial charge in [-0.15, -0.1) is 0 Å². The molecule has 2 aromatic rings. The smallest absolute Gasteiger partial charge is 0.131 e. The minimum absolute atomic E-state index is 0.702. The van der Waals surface area contributed by atoms with Crippen LogP contribution >= 0.6 is 27.5 Å². The van der Waals surface area contributed by atoms with Crippen molar-refractivity contribution in [2.24, 2.45) is 0 Å². The second-order valence-corrected chi connectivity index (χ2v) is 5.19. The van der Waals surface area contributed by atoms with Crippen molar-refractivity contribution in [1.29, 1.82) is 0 Å². The lowest BCUT2D eigenvalue weighted by Gasteiger charge is -2.11. The molecule has 0 fully saturated rings. The Morgan fingerprint density at radius 1 is 1.17 bits per heavy atom. The second-order valence-electron chi connectivity index (χ2n) is 3.84. The van der Waals surface area contributed by atoms with Crippen LogP contribution in [0.25, 0.3) is 0 Å². The van der Waals surface area contributed by atoms with Gasteiger partial charge in [0, 0.05) is 21.6 Å². The Labute approximate surface area is 120 Å². The van der Waals surface area contributed by atoms with Crippen LogP contribution in [-0.4, -0.2) is 7.05 Å². The van der Waals surface area contributed by atoms with Crippen molar-refractivity contribution >= 4 is 27.5 Å². The summed E-state index contributed by atoms with van der Waals surface area (Å²) >= 11 is 9.31. The summed E-state index contributed by atoms with van der Waals surface area (Å²) in [5, 5.41) is 3.83. The molecule has 0 bridgehead atoms. The zero-order chi connectivity index (χ0) is 13.0. The number of benzene rings is 2. The van der Waals surface area contributed by atoms with Crippen molar-refractivity contribution in [1.82, 2.24) is 5.32 Å². The van der Waals surface area contributed by atoms with Crippen molar-refractivity contribution in [3.8, 4) is 11.5 Å². The molecule has 0 aromatic heterocycles. The summed E-state index contributed by atoms with van der Waals surface area (Å²) in [6.45, 7) is 0.752. The van der Waals surface area contributed by atoms with Gasteiger partial charge in [-0.05, 0) is 49.5 Å². The molecule has 0 unspecified atom stereocenters. The molecule has 0 aliphatic rings. The molecule has 0 radical (unpaired) electrons. The first-order valence-electron chi connectivity index (χ1n) is 5.55. The number of hydrogen-bond donors (Lipinski definition) is 1. The molecule has 0 atom stereocenters. The van der Waals surface area contributed by atoms with Crippen molar-refractivity contribution < 1.29 is 4.74 Å². The third kappa shape index (κ3) is 3.48. The van der Waals surface area contributed by atoms with Gasteiger partial charge in [0.25, 0.3) is 0 Å². The summed E-state index contributed by atoms with van der Waals surface area (Å²) in [4.78, 5) is 0. The van der Waals surface area contributed by atoms with E-state index >= 15 is 0 Å². The Bertz CT molecular complexity index is 528. The van der Waals surface area contributed by atoms with Gasteiger partial charge in [-0.2, -0.15) is 0 Å². The van der Waals surface area contributed by atoms with Crippen LogP contribution in [0.2, 0.25) is 5.02 Å². The predicted octanol–water partition coefficient (Wildman–Crippen LogP) is 4.61. The summed E-state index contributed by atoms with van der Waals surface area (Å²) in [6, 6.07) is 13.3. The Morgan fingerprint density at radius 3 is 2.56 bits per heavy atom. The average molecular weight is 327 g/mol. The standard InChI is InChI=1S/C14H13BrClNO/c1-17-9-10-8-11(15)2-7-14(10)18-13-5-3-12(16)4-6-13/h2-8,17H,9H2,1H3. The van der Waals surface area contributed by atoms with E-state index in [0.717, 1.165) is 28.1 Å². The van der Waals surface area contributed by atoms with Gasteiger partial charge in [0.1, 0.15) is 11.5 Å². The Hall–Kier alpha value is -1.03. The van der Waals surface area contributed by atoms with Crippen LogP contribution in [0.3, 0.4) is 0 Å². The van der Waals surface area contributed by atoms with E-state index in [1.54, 1.807) is 0 Å². The Morgan fingerprint density at radius 2 is 1.89 bits per heavy atom.